The molecule has 3 amide bonds. The van der Waals surface area contributed by atoms with Gasteiger partial charge in [0, 0.05) is 24.3 Å². The summed E-state index contributed by atoms with van der Waals surface area (Å²) >= 11 is 13.0. The molecular formula is C13H7Br4N2O5-. The number of aliphatic carboxylic acids is 1. The number of imide groups is 1. The van der Waals surface area contributed by atoms with Crippen molar-refractivity contribution in [2.45, 2.75) is 18.9 Å². The molecule has 0 saturated carbocycles. The third-order valence-electron chi connectivity index (χ3n) is 3.38. The van der Waals surface area contributed by atoms with E-state index in [1.54, 1.807) is 0 Å². The average Bonchev–Trinajstić information content (AvgIpc) is 2.75. The number of carboxylic acid groups (broad SMARTS) is 1. The highest BCUT2D eigenvalue weighted by Crippen LogP contribution is 2.45. The lowest BCUT2D eigenvalue weighted by Crippen LogP contribution is -2.51. The quantitative estimate of drug-likeness (QED) is 0.318. The molecule has 1 aromatic carbocycles. The van der Waals surface area contributed by atoms with Gasteiger partial charge in [-0.15, -0.1) is 0 Å². The van der Waals surface area contributed by atoms with Gasteiger partial charge in [0.2, 0.25) is 5.91 Å². The predicted octanol–water partition coefficient (Wildman–Crippen LogP) is 1.72. The Morgan fingerprint density at radius 1 is 0.958 bits per heavy atom. The number of nitrogens with two attached hydrogens (primary N) is 1. The van der Waals surface area contributed by atoms with E-state index in [0.29, 0.717) is 22.8 Å². The Bertz CT molecular complexity index is 748. The van der Waals surface area contributed by atoms with Crippen LogP contribution >= 0.6 is 63.7 Å². The van der Waals surface area contributed by atoms with E-state index in [0.717, 1.165) is 0 Å². The maximum Gasteiger partial charge on any atom is 0.263 e. The van der Waals surface area contributed by atoms with Crippen LogP contribution in [0.3, 0.4) is 0 Å². The van der Waals surface area contributed by atoms with Gasteiger partial charge in [-0.25, -0.2) is 0 Å². The molecule has 0 saturated heterocycles. The highest BCUT2D eigenvalue weighted by Gasteiger charge is 2.44. The van der Waals surface area contributed by atoms with Crippen LogP contribution in [0.1, 0.15) is 33.6 Å². The Kier molecular flexibility index (Phi) is 5.88. The summed E-state index contributed by atoms with van der Waals surface area (Å²) in [6.45, 7) is 0. The van der Waals surface area contributed by atoms with Gasteiger partial charge in [-0.05, 0) is 70.1 Å². The van der Waals surface area contributed by atoms with Gasteiger partial charge in [0.25, 0.3) is 11.8 Å². The van der Waals surface area contributed by atoms with Crippen molar-refractivity contribution in [1.82, 2.24) is 4.90 Å². The van der Waals surface area contributed by atoms with Crippen LogP contribution in [-0.2, 0) is 9.59 Å². The highest BCUT2D eigenvalue weighted by atomic mass is 79.9. The first-order chi connectivity index (χ1) is 11.1. The maximum atomic E-state index is 12.6. The van der Waals surface area contributed by atoms with Crippen LogP contribution in [0.15, 0.2) is 17.9 Å². The smallest absolute Gasteiger partial charge is 0.263 e. The number of rotatable bonds is 5. The fraction of sp³-hybridized carbons (Fsp3) is 0.231. The van der Waals surface area contributed by atoms with Gasteiger partial charge < -0.3 is 15.6 Å². The van der Waals surface area contributed by atoms with Crippen molar-refractivity contribution in [3.05, 3.63) is 29.0 Å². The SMILES string of the molecule is NC(=O)CC[C@H](C(=O)[O-])N1C(=O)c2c(Br)c(Br)c(Br)c(Br)c2C1=O. The molecule has 1 atom stereocenters. The van der Waals surface area contributed by atoms with Gasteiger partial charge >= 0.3 is 0 Å². The number of primary amides is 1. The van der Waals surface area contributed by atoms with Gasteiger partial charge in [0.05, 0.1) is 23.1 Å². The van der Waals surface area contributed by atoms with Gasteiger partial charge in [-0.1, -0.05) is 0 Å². The Morgan fingerprint density at radius 2 is 1.38 bits per heavy atom. The van der Waals surface area contributed by atoms with E-state index in [1.807, 2.05) is 0 Å². The van der Waals surface area contributed by atoms with Crippen molar-refractivity contribution in [1.29, 1.82) is 0 Å². The molecule has 0 radical (unpaired) electrons. The zero-order valence-electron chi connectivity index (χ0n) is 11.6. The van der Waals surface area contributed by atoms with E-state index < -0.39 is 29.7 Å². The summed E-state index contributed by atoms with van der Waals surface area (Å²) in [6.07, 6.45) is -0.623. The Balaban J connectivity index is 2.57. The second-order valence-electron chi connectivity index (χ2n) is 4.83. The summed E-state index contributed by atoms with van der Waals surface area (Å²) in [6, 6.07) is -1.60. The molecule has 0 spiro atoms. The first-order valence-corrected chi connectivity index (χ1v) is 9.49. The van der Waals surface area contributed by atoms with E-state index in [2.05, 4.69) is 63.7 Å². The largest absolute Gasteiger partial charge is 0.548 e. The molecule has 24 heavy (non-hydrogen) atoms. The van der Waals surface area contributed by atoms with E-state index in [9.17, 15) is 24.3 Å². The minimum Gasteiger partial charge on any atom is -0.548 e. The summed E-state index contributed by atoms with van der Waals surface area (Å²) in [5.74, 6) is -3.98. The van der Waals surface area contributed by atoms with Crippen molar-refractivity contribution in [2.24, 2.45) is 5.73 Å². The number of carbonyl (C=O) groups excluding carboxylic acids is 4. The van der Waals surface area contributed by atoms with Gasteiger partial charge in [-0.2, -0.15) is 0 Å². The number of hydrogen-bond donors (Lipinski definition) is 1. The lowest BCUT2D eigenvalue weighted by molar-refractivity contribution is -0.310. The molecule has 0 aromatic heterocycles. The molecule has 0 fully saturated rings. The molecule has 1 aromatic rings. The van der Waals surface area contributed by atoms with Gasteiger partial charge in [-0.3, -0.25) is 19.3 Å². The second-order valence-corrected chi connectivity index (χ2v) is 8.00. The van der Waals surface area contributed by atoms with Crippen LogP contribution < -0.4 is 10.8 Å². The van der Waals surface area contributed by atoms with Crippen LogP contribution in [0.5, 0.6) is 0 Å². The number of hydrogen-bond acceptors (Lipinski definition) is 5. The Morgan fingerprint density at radius 3 is 1.71 bits per heavy atom. The lowest BCUT2D eigenvalue weighted by Gasteiger charge is -2.26. The van der Waals surface area contributed by atoms with Gasteiger partial charge in [0.15, 0.2) is 0 Å². The van der Waals surface area contributed by atoms with Crippen molar-refractivity contribution >= 4 is 87.4 Å². The molecular weight excluding hydrogens is 584 g/mol. The summed E-state index contributed by atoms with van der Waals surface area (Å²) in [7, 11) is 0. The average molecular weight is 591 g/mol. The summed E-state index contributed by atoms with van der Waals surface area (Å²) < 4.78 is 1.58. The monoisotopic (exact) mass is 587 g/mol. The molecule has 11 heteroatoms. The van der Waals surface area contributed by atoms with E-state index >= 15 is 0 Å². The molecule has 1 aliphatic rings. The molecule has 7 nitrogen and oxygen atoms in total. The third-order valence-corrected chi connectivity index (χ3v) is 8.15. The number of nitrogens with zero attached hydrogens (tertiary/aromatic N) is 1. The van der Waals surface area contributed by atoms with E-state index in [1.165, 1.54) is 0 Å². The first-order valence-electron chi connectivity index (χ1n) is 6.32. The molecule has 1 heterocycles. The topological polar surface area (TPSA) is 121 Å². The fourth-order valence-corrected chi connectivity index (χ4v) is 4.74. The minimum atomic E-state index is -1.64. The molecule has 2 rings (SSSR count). The first kappa shape index (κ1) is 19.5. The number of halogens is 4. The second kappa shape index (κ2) is 7.22. The van der Waals surface area contributed by atoms with Gasteiger partial charge in [0.1, 0.15) is 0 Å². The molecule has 0 unspecified atom stereocenters. The van der Waals surface area contributed by atoms with Crippen LogP contribution in [0.4, 0.5) is 0 Å². The van der Waals surface area contributed by atoms with Crippen molar-refractivity contribution in [3.8, 4) is 0 Å². The summed E-state index contributed by atoms with van der Waals surface area (Å²) in [4.78, 5) is 48.2. The van der Waals surface area contributed by atoms with Crippen LogP contribution in [0.2, 0.25) is 0 Å². The van der Waals surface area contributed by atoms with Crippen molar-refractivity contribution in [3.63, 3.8) is 0 Å². The standard InChI is InChI=1S/C13H8Br4N2O5/c14-7-5-6(8(15)10(17)9(7)16)12(22)19(11(5)21)3(13(23)24)1-2-4(18)20/h3H,1-2H2,(H2,18,20)(H,23,24)/p-1/t3-/m1/s1. The highest BCUT2D eigenvalue weighted by molar-refractivity contribution is 9.15. The summed E-state index contributed by atoms with van der Waals surface area (Å²) in [5, 5.41) is 11.4. The van der Waals surface area contributed by atoms with Crippen LogP contribution in [0.25, 0.3) is 0 Å². The number of benzene rings is 1. The molecule has 2 N–H and O–H groups in total. The molecule has 0 bridgehead atoms. The van der Waals surface area contributed by atoms with Crippen molar-refractivity contribution < 1.29 is 24.3 Å². The zero-order chi connectivity index (χ0) is 18.3. The van der Waals surface area contributed by atoms with Crippen LogP contribution in [0, 0.1) is 0 Å². The van der Waals surface area contributed by atoms with Crippen LogP contribution in [-0.4, -0.2) is 34.6 Å². The normalized spacial score (nSPS) is 14.8. The Labute approximate surface area is 169 Å². The molecule has 0 aliphatic carbocycles. The maximum absolute atomic E-state index is 12.6. The van der Waals surface area contributed by atoms with E-state index in [-0.39, 0.29) is 24.0 Å². The Hall–Kier alpha value is -0.780. The lowest BCUT2D eigenvalue weighted by atomic mass is 10.1. The number of carbonyl (C=O) groups is 4. The minimum absolute atomic E-state index is 0.0206. The van der Waals surface area contributed by atoms with Crippen molar-refractivity contribution in [2.75, 3.05) is 0 Å². The fourth-order valence-electron chi connectivity index (χ4n) is 2.28. The van der Waals surface area contributed by atoms with E-state index in [4.69, 9.17) is 5.73 Å². The third kappa shape index (κ3) is 3.18. The molecule has 1 aliphatic heterocycles. The number of fused-ring (bicyclic) bond motifs is 1. The molecule has 128 valence electrons. The summed E-state index contributed by atoms with van der Waals surface area (Å²) in [5.41, 5.74) is 5.05. The number of carboxylic acids is 1. The predicted molar refractivity (Wildman–Crippen MR) is 95.0 cm³/mol. The zero-order valence-corrected chi connectivity index (χ0v) is 17.9. The number of amides is 3.